The van der Waals surface area contributed by atoms with Gasteiger partial charge in [0.1, 0.15) is 5.75 Å². The monoisotopic (exact) mass is 396 g/mol. The maximum Gasteiger partial charge on any atom is 0.269 e. The van der Waals surface area contributed by atoms with E-state index in [0.29, 0.717) is 5.75 Å². The van der Waals surface area contributed by atoms with Crippen LogP contribution in [0, 0.1) is 0 Å². The summed E-state index contributed by atoms with van der Waals surface area (Å²) < 4.78 is 16.0. The van der Waals surface area contributed by atoms with Crippen LogP contribution >= 0.6 is 0 Å². The Morgan fingerprint density at radius 3 is 2.17 bits per heavy atom. The van der Waals surface area contributed by atoms with E-state index < -0.39 is 17.3 Å². The Morgan fingerprint density at radius 2 is 1.55 bits per heavy atom. The van der Waals surface area contributed by atoms with Crippen molar-refractivity contribution in [2.24, 2.45) is 0 Å². The van der Waals surface area contributed by atoms with Crippen LogP contribution < -0.4 is 4.74 Å². The molecule has 0 fully saturated rings. The number of carbonyl (C=O) groups excluding carboxylic acids is 3. The molecule has 152 valence electrons. The van der Waals surface area contributed by atoms with Gasteiger partial charge >= 0.3 is 0 Å². The number of hydrogen-bond donors (Lipinski definition) is 0. The molecule has 0 saturated carbocycles. The minimum atomic E-state index is -0.768. The Morgan fingerprint density at radius 1 is 0.862 bits per heavy atom. The summed E-state index contributed by atoms with van der Waals surface area (Å²) in [4.78, 5) is 37.4. The molecule has 0 atom stereocenters. The molecule has 0 amide bonds. The molecule has 3 rings (SSSR count). The van der Waals surface area contributed by atoms with Gasteiger partial charge in [0, 0.05) is 5.57 Å². The molecule has 1 aromatic carbocycles. The highest BCUT2D eigenvalue weighted by Crippen LogP contribution is 2.33. The zero-order valence-electron chi connectivity index (χ0n) is 16.9. The van der Waals surface area contributed by atoms with Gasteiger partial charge in [0.25, 0.3) is 11.6 Å². The third kappa shape index (κ3) is 4.16. The second-order valence-electron chi connectivity index (χ2n) is 6.94. The number of allylic oxidation sites excluding steroid dienone is 4. The van der Waals surface area contributed by atoms with Crippen molar-refractivity contribution >= 4 is 17.3 Å². The molecule has 0 spiro atoms. The first-order valence-electron chi connectivity index (χ1n) is 9.70. The fraction of sp³-hybridized carbons (Fsp3) is 0.348. The van der Waals surface area contributed by atoms with Crippen LogP contribution in [0.25, 0.3) is 0 Å². The first kappa shape index (κ1) is 20.6. The second-order valence-corrected chi connectivity index (χ2v) is 6.94. The molecule has 29 heavy (non-hydrogen) atoms. The van der Waals surface area contributed by atoms with Gasteiger partial charge in [0.05, 0.1) is 19.8 Å². The van der Waals surface area contributed by atoms with Crippen LogP contribution in [-0.2, 0) is 25.5 Å². The first-order chi connectivity index (χ1) is 14.0. The lowest BCUT2D eigenvalue weighted by Gasteiger charge is -2.21. The van der Waals surface area contributed by atoms with Crippen LogP contribution in [0.15, 0.2) is 53.2 Å². The lowest BCUT2D eigenvalue weighted by molar-refractivity contribution is -0.118. The quantitative estimate of drug-likeness (QED) is 0.396. The maximum atomic E-state index is 12.6. The predicted molar refractivity (Wildman–Crippen MR) is 106 cm³/mol. The van der Waals surface area contributed by atoms with Crippen molar-refractivity contribution in [1.29, 1.82) is 0 Å². The van der Waals surface area contributed by atoms with Crippen molar-refractivity contribution < 1.29 is 28.6 Å². The third-order valence-electron chi connectivity index (χ3n) is 4.96. The first-order valence-corrected chi connectivity index (χ1v) is 9.70. The summed E-state index contributed by atoms with van der Waals surface area (Å²) in [6, 6.07) is 5.31. The molecular weight excluding hydrogens is 372 g/mol. The van der Waals surface area contributed by atoms with Crippen LogP contribution in [-0.4, -0.2) is 31.6 Å². The van der Waals surface area contributed by atoms with E-state index >= 15 is 0 Å². The van der Waals surface area contributed by atoms with E-state index in [9.17, 15) is 14.4 Å². The lowest BCUT2D eigenvalue weighted by Crippen LogP contribution is -2.28. The standard InChI is InChI=1S/C23H24O6/c1-4-5-6-7-8-14-9-10-16-17(11-14)29-23(22(26)20(16)24)15-12-18(27-2)21(25)19(13-15)28-3/h9-13H,4-8H2,1-3H3. The molecule has 0 N–H and O–H groups in total. The summed E-state index contributed by atoms with van der Waals surface area (Å²) in [6.07, 6.45) is 8.18. The van der Waals surface area contributed by atoms with Crippen molar-refractivity contribution in [3.63, 3.8) is 0 Å². The average molecular weight is 396 g/mol. The van der Waals surface area contributed by atoms with E-state index in [1.54, 1.807) is 6.07 Å². The highest BCUT2D eigenvalue weighted by Gasteiger charge is 2.35. The molecule has 1 heterocycles. The Labute approximate surface area is 169 Å². The number of fused-ring (bicyclic) bond motifs is 1. The largest absolute Gasteiger partial charge is 0.492 e. The number of hydrogen-bond acceptors (Lipinski definition) is 6. The average Bonchev–Trinajstić information content (AvgIpc) is 2.74. The Hall–Kier alpha value is -3.15. The zero-order valence-corrected chi connectivity index (χ0v) is 16.9. The third-order valence-corrected chi connectivity index (χ3v) is 4.96. The number of carbonyl (C=O) groups is 3. The van der Waals surface area contributed by atoms with Gasteiger partial charge in [0.2, 0.25) is 5.78 Å². The molecule has 1 aliphatic heterocycles. The lowest BCUT2D eigenvalue weighted by atomic mass is 9.95. The smallest absolute Gasteiger partial charge is 0.269 e. The summed E-state index contributed by atoms with van der Waals surface area (Å²) in [5.41, 5.74) is 1.55. The minimum absolute atomic E-state index is 0.00571. The topological polar surface area (TPSA) is 78.9 Å². The van der Waals surface area contributed by atoms with Crippen molar-refractivity contribution in [3.05, 3.63) is 64.3 Å². The molecular formula is C23H24O6. The van der Waals surface area contributed by atoms with Gasteiger partial charge in [-0.2, -0.15) is 0 Å². The number of ether oxygens (including phenoxy) is 3. The van der Waals surface area contributed by atoms with Crippen molar-refractivity contribution in [1.82, 2.24) is 0 Å². The van der Waals surface area contributed by atoms with E-state index in [1.807, 2.05) is 12.1 Å². The van der Waals surface area contributed by atoms with Crippen LogP contribution in [0.3, 0.4) is 0 Å². The summed E-state index contributed by atoms with van der Waals surface area (Å²) in [7, 11) is 2.69. The van der Waals surface area contributed by atoms with E-state index in [0.717, 1.165) is 31.2 Å². The zero-order chi connectivity index (χ0) is 21.0. The molecule has 0 saturated heterocycles. The SMILES string of the molecule is CCCCCCc1ccc2c(c1)OC(=C1C=C(OC)C(=O)C(OC)=C1)C(=O)C2=O. The molecule has 0 bridgehead atoms. The Kier molecular flexibility index (Phi) is 6.32. The highest BCUT2D eigenvalue weighted by molar-refractivity contribution is 6.50. The van der Waals surface area contributed by atoms with Gasteiger partial charge in [0.15, 0.2) is 17.3 Å². The summed E-state index contributed by atoms with van der Waals surface area (Å²) in [5.74, 6) is -1.62. The second kappa shape index (κ2) is 8.90. The molecule has 1 aliphatic carbocycles. The number of methoxy groups -OCH3 is 2. The van der Waals surface area contributed by atoms with Gasteiger partial charge in [-0.1, -0.05) is 32.3 Å². The summed E-state index contributed by atoms with van der Waals surface area (Å²) in [5, 5.41) is 0. The van der Waals surface area contributed by atoms with Crippen LogP contribution in [0.5, 0.6) is 5.75 Å². The maximum absolute atomic E-state index is 12.6. The van der Waals surface area contributed by atoms with Gasteiger partial charge in [-0.3, -0.25) is 14.4 Å². The van der Waals surface area contributed by atoms with Gasteiger partial charge in [-0.25, -0.2) is 0 Å². The Bertz CT molecular complexity index is 922. The molecule has 6 heteroatoms. The number of unbranched alkanes of at least 4 members (excludes halogenated alkanes) is 3. The van der Waals surface area contributed by atoms with Crippen molar-refractivity contribution in [2.75, 3.05) is 14.2 Å². The van der Waals surface area contributed by atoms with Crippen molar-refractivity contribution in [3.8, 4) is 5.75 Å². The Balaban J connectivity index is 1.96. The number of Topliss-reactive ketones (excluding diaryl/α,β-unsaturated/α-hetero) is 3. The number of aryl methyl sites for hydroxylation is 1. The number of rotatable bonds is 7. The van der Waals surface area contributed by atoms with Crippen LogP contribution in [0.4, 0.5) is 0 Å². The fourth-order valence-electron chi connectivity index (χ4n) is 3.33. The minimum Gasteiger partial charge on any atom is -0.492 e. The van der Waals surface area contributed by atoms with E-state index in [-0.39, 0.29) is 28.4 Å². The van der Waals surface area contributed by atoms with E-state index in [2.05, 4.69) is 6.92 Å². The van der Waals surface area contributed by atoms with Gasteiger partial charge in [-0.15, -0.1) is 0 Å². The normalized spacial score (nSPS) is 16.2. The molecule has 0 aromatic heterocycles. The predicted octanol–water partition coefficient (Wildman–Crippen LogP) is 3.85. The molecule has 0 radical (unpaired) electrons. The molecule has 0 unspecified atom stereocenters. The molecule has 6 nitrogen and oxygen atoms in total. The van der Waals surface area contributed by atoms with E-state index in [1.165, 1.54) is 32.8 Å². The van der Waals surface area contributed by atoms with Crippen LogP contribution in [0.1, 0.15) is 48.5 Å². The summed E-state index contributed by atoms with van der Waals surface area (Å²) in [6.45, 7) is 2.16. The van der Waals surface area contributed by atoms with Gasteiger partial charge < -0.3 is 14.2 Å². The summed E-state index contributed by atoms with van der Waals surface area (Å²) >= 11 is 0. The molecule has 1 aromatic rings. The van der Waals surface area contributed by atoms with Crippen LogP contribution in [0.2, 0.25) is 0 Å². The fourth-order valence-corrected chi connectivity index (χ4v) is 3.33. The van der Waals surface area contributed by atoms with Crippen molar-refractivity contribution in [2.45, 2.75) is 39.0 Å². The highest BCUT2D eigenvalue weighted by atomic mass is 16.5. The van der Waals surface area contributed by atoms with Gasteiger partial charge in [-0.05, 0) is 42.7 Å². The van der Waals surface area contributed by atoms with E-state index in [4.69, 9.17) is 14.2 Å². The number of benzene rings is 1. The number of ketones is 3. The molecule has 2 aliphatic rings.